The third-order valence-electron chi connectivity index (χ3n) is 2.93. The van der Waals surface area contributed by atoms with Gasteiger partial charge in [0, 0.05) is 18.9 Å². The molecular weight excluding hydrogens is 255 g/mol. The van der Waals surface area contributed by atoms with Gasteiger partial charge in [-0.2, -0.15) is 5.26 Å². The molecule has 5 heteroatoms. The number of hydrogen-bond acceptors (Lipinski definition) is 3. The van der Waals surface area contributed by atoms with E-state index in [-0.39, 0.29) is 5.56 Å². The minimum Gasteiger partial charge on any atom is -0.377 e. The van der Waals surface area contributed by atoms with Crippen LogP contribution < -0.4 is 5.32 Å². The molecule has 20 heavy (non-hydrogen) atoms. The van der Waals surface area contributed by atoms with Crippen LogP contribution in [0.25, 0.3) is 0 Å². The molecule has 1 heterocycles. The Morgan fingerprint density at radius 1 is 1.45 bits per heavy atom. The van der Waals surface area contributed by atoms with E-state index in [1.54, 1.807) is 18.3 Å². The van der Waals surface area contributed by atoms with Gasteiger partial charge in [-0.15, -0.1) is 0 Å². The molecule has 0 saturated heterocycles. The van der Waals surface area contributed by atoms with Gasteiger partial charge in [-0.1, -0.05) is 19.9 Å². The van der Waals surface area contributed by atoms with Crippen molar-refractivity contribution in [1.29, 1.82) is 5.26 Å². The summed E-state index contributed by atoms with van der Waals surface area (Å²) in [5.41, 5.74) is 0.529. The van der Waals surface area contributed by atoms with Crippen LogP contribution in [0.2, 0.25) is 0 Å². The summed E-state index contributed by atoms with van der Waals surface area (Å²) in [7, 11) is 0. The molecule has 1 aromatic carbocycles. The third kappa shape index (κ3) is 3.15. The van der Waals surface area contributed by atoms with Crippen LogP contribution in [0.1, 0.15) is 25.2 Å². The Kier molecular flexibility index (Phi) is 4.36. The summed E-state index contributed by atoms with van der Waals surface area (Å²) in [6.07, 6.45) is 3.67. The molecule has 104 valence electrons. The fraction of sp³-hybridized carbons (Fsp3) is 0.333. The van der Waals surface area contributed by atoms with E-state index in [9.17, 15) is 4.39 Å². The molecule has 0 aliphatic heterocycles. The van der Waals surface area contributed by atoms with Gasteiger partial charge < -0.3 is 9.88 Å². The summed E-state index contributed by atoms with van der Waals surface area (Å²) < 4.78 is 15.5. The first-order chi connectivity index (χ1) is 9.61. The lowest BCUT2D eigenvalue weighted by molar-refractivity contribution is 0.509. The van der Waals surface area contributed by atoms with Gasteiger partial charge in [0.1, 0.15) is 23.3 Å². The van der Waals surface area contributed by atoms with Crippen molar-refractivity contribution >= 4 is 5.69 Å². The van der Waals surface area contributed by atoms with Gasteiger partial charge >= 0.3 is 0 Å². The number of rotatable bonds is 5. The number of hydrogen-bond donors (Lipinski definition) is 1. The Morgan fingerprint density at radius 3 is 2.95 bits per heavy atom. The first-order valence-electron chi connectivity index (χ1n) is 6.54. The topological polar surface area (TPSA) is 53.6 Å². The molecular formula is C15H17FN4. The van der Waals surface area contributed by atoms with Gasteiger partial charge in [-0.3, -0.25) is 0 Å². The minimum atomic E-state index is -0.511. The lowest BCUT2D eigenvalue weighted by atomic mass is 10.2. The molecule has 1 N–H and O–H groups in total. The van der Waals surface area contributed by atoms with Gasteiger partial charge in [0.2, 0.25) is 0 Å². The van der Waals surface area contributed by atoms with Gasteiger partial charge in [0.05, 0.1) is 12.2 Å². The van der Waals surface area contributed by atoms with E-state index in [2.05, 4.69) is 28.7 Å². The predicted molar refractivity (Wildman–Crippen MR) is 75.5 cm³/mol. The molecule has 2 rings (SSSR count). The van der Waals surface area contributed by atoms with E-state index in [4.69, 9.17) is 5.26 Å². The zero-order valence-electron chi connectivity index (χ0n) is 11.6. The molecule has 0 radical (unpaired) electrons. The average Bonchev–Trinajstić information content (AvgIpc) is 2.83. The van der Waals surface area contributed by atoms with Crippen LogP contribution in [-0.2, 0) is 13.1 Å². The zero-order chi connectivity index (χ0) is 14.5. The molecule has 0 atom stereocenters. The maximum atomic E-state index is 13.5. The standard InChI is InChI=1S/C15H17FN4/c1-11(2)10-20-7-6-18-15(20)9-19-14-5-3-4-13(16)12(14)8-17/h3-7,11,19H,9-10H2,1-2H3. The van der Waals surface area contributed by atoms with Crippen LogP contribution in [0.3, 0.4) is 0 Å². The minimum absolute atomic E-state index is 0.0365. The molecule has 0 unspecified atom stereocenters. The molecule has 0 aliphatic carbocycles. The van der Waals surface area contributed by atoms with Crippen LogP contribution in [-0.4, -0.2) is 9.55 Å². The average molecular weight is 272 g/mol. The quantitative estimate of drug-likeness (QED) is 0.909. The largest absolute Gasteiger partial charge is 0.377 e. The van der Waals surface area contributed by atoms with Crippen molar-refractivity contribution in [2.24, 2.45) is 5.92 Å². The summed E-state index contributed by atoms with van der Waals surface area (Å²) in [6.45, 7) is 5.61. The highest BCUT2D eigenvalue weighted by atomic mass is 19.1. The van der Waals surface area contributed by atoms with E-state index >= 15 is 0 Å². The van der Waals surface area contributed by atoms with E-state index in [0.29, 0.717) is 18.2 Å². The summed E-state index contributed by atoms with van der Waals surface area (Å²) in [5, 5.41) is 12.1. The van der Waals surface area contributed by atoms with Gasteiger partial charge in [-0.25, -0.2) is 9.37 Å². The smallest absolute Gasteiger partial charge is 0.143 e. The molecule has 0 spiro atoms. The molecule has 1 aromatic heterocycles. The Hall–Kier alpha value is -2.35. The van der Waals surface area contributed by atoms with Crippen molar-refractivity contribution in [3.05, 3.63) is 47.8 Å². The first kappa shape index (κ1) is 14.1. The van der Waals surface area contributed by atoms with Gasteiger partial charge in [0.15, 0.2) is 0 Å². The number of nitrogens with zero attached hydrogens (tertiary/aromatic N) is 3. The maximum Gasteiger partial charge on any atom is 0.143 e. The lowest BCUT2D eigenvalue weighted by Gasteiger charge is -2.12. The van der Waals surface area contributed by atoms with Crippen LogP contribution in [0, 0.1) is 23.1 Å². The second-order valence-corrected chi connectivity index (χ2v) is 5.02. The summed E-state index contributed by atoms with van der Waals surface area (Å²) in [4.78, 5) is 4.29. The Bertz CT molecular complexity index is 625. The van der Waals surface area contributed by atoms with Crippen LogP contribution >= 0.6 is 0 Å². The molecule has 0 aliphatic rings. The van der Waals surface area contributed by atoms with E-state index < -0.39 is 5.82 Å². The first-order valence-corrected chi connectivity index (χ1v) is 6.54. The highest BCUT2D eigenvalue weighted by Gasteiger charge is 2.09. The number of imidazole rings is 1. The number of nitriles is 1. The van der Waals surface area contributed by atoms with Crippen molar-refractivity contribution in [1.82, 2.24) is 9.55 Å². The Labute approximate surface area is 117 Å². The van der Waals surface area contributed by atoms with E-state index in [0.717, 1.165) is 12.4 Å². The van der Waals surface area contributed by atoms with Crippen LogP contribution in [0.5, 0.6) is 0 Å². The van der Waals surface area contributed by atoms with Crippen LogP contribution in [0.15, 0.2) is 30.6 Å². The number of aromatic nitrogens is 2. The van der Waals surface area contributed by atoms with Gasteiger partial charge in [-0.05, 0) is 18.1 Å². The van der Waals surface area contributed by atoms with Crippen molar-refractivity contribution in [3.63, 3.8) is 0 Å². The number of nitrogens with one attached hydrogen (secondary N) is 1. The second kappa shape index (κ2) is 6.20. The number of benzene rings is 1. The van der Waals surface area contributed by atoms with Crippen molar-refractivity contribution in [3.8, 4) is 6.07 Å². The molecule has 0 fully saturated rings. The zero-order valence-corrected chi connectivity index (χ0v) is 11.6. The molecule has 4 nitrogen and oxygen atoms in total. The molecule has 0 amide bonds. The summed E-state index contributed by atoms with van der Waals surface area (Å²) in [5.74, 6) is 0.877. The second-order valence-electron chi connectivity index (χ2n) is 5.02. The summed E-state index contributed by atoms with van der Waals surface area (Å²) >= 11 is 0. The SMILES string of the molecule is CC(C)Cn1ccnc1CNc1cccc(F)c1C#N. The fourth-order valence-corrected chi connectivity index (χ4v) is 2.03. The highest BCUT2D eigenvalue weighted by Crippen LogP contribution is 2.18. The lowest BCUT2D eigenvalue weighted by Crippen LogP contribution is -2.12. The number of halogens is 1. The number of anilines is 1. The predicted octanol–water partition coefficient (Wildman–Crippen LogP) is 3.16. The Balaban J connectivity index is 2.12. The molecule has 2 aromatic rings. The summed E-state index contributed by atoms with van der Waals surface area (Å²) in [6, 6.07) is 6.43. The van der Waals surface area contributed by atoms with E-state index in [1.807, 2.05) is 12.3 Å². The molecule has 0 bridgehead atoms. The fourth-order valence-electron chi connectivity index (χ4n) is 2.03. The maximum absolute atomic E-state index is 13.5. The van der Waals surface area contributed by atoms with Crippen molar-refractivity contribution in [2.45, 2.75) is 26.9 Å². The van der Waals surface area contributed by atoms with Gasteiger partial charge in [0.25, 0.3) is 0 Å². The van der Waals surface area contributed by atoms with Crippen molar-refractivity contribution < 1.29 is 4.39 Å². The van der Waals surface area contributed by atoms with Crippen molar-refractivity contribution in [2.75, 3.05) is 5.32 Å². The normalized spacial score (nSPS) is 10.6. The molecule has 0 saturated carbocycles. The van der Waals surface area contributed by atoms with E-state index in [1.165, 1.54) is 6.07 Å². The Morgan fingerprint density at radius 2 is 2.25 bits per heavy atom. The monoisotopic (exact) mass is 272 g/mol. The van der Waals surface area contributed by atoms with Crippen LogP contribution in [0.4, 0.5) is 10.1 Å². The highest BCUT2D eigenvalue weighted by molar-refractivity contribution is 5.57. The third-order valence-corrected chi connectivity index (χ3v) is 2.93.